The van der Waals surface area contributed by atoms with E-state index in [0.717, 1.165) is 19.8 Å². The van der Waals surface area contributed by atoms with Crippen molar-refractivity contribution in [1.82, 2.24) is 9.80 Å². The van der Waals surface area contributed by atoms with E-state index < -0.39 is 0 Å². The lowest BCUT2D eigenvalue weighted by molar-refractivity contribution is 0.249. The van der Waals surface area contributed by atoms with Crippen LogP contribution in [0.2, 0.25) is 0 Å². The van der Waals surface area contributed by atoms with Crippen molar-refractivity contribution in [2.75, 3.05) is 13.2 Å². The maximum Gasteiger partial charge on any atom is 0.142 e. The minimum atomic E-state index is 0.666. The Bertz CT molecular complexity index is 711. The van der Waals surface area contributed by atoms with Gasteiger partial charge in [-0.15, -0.1) is 6.58 Å². The van der Waals surface area contributed by atoms with Crippen molar-refractivity contribution < 1.29 is 0 Å². The molecule has 0 bridgehead atoms. The van der Waals surface area contributed by atoms with Crippen LogP contribution < -0.4 is 0 Å². The van der Waals surface area contributed by atoms with Gasteiger partial charge in [0.2, 0.25) is 0 Å². The van der Waals surface area contributed by atoms with Gasteiger partial charge in [0.25, 0.3) is 0 Å². The van der Waals surface area contributed by atoms with Crippen molar-refractivity contribution in [3.8, 4) is 0 Å². The number of aryl methyl sites for hydroxylation is 1. The zero-order chi connectivity index (χ0) is 23.8. The zero-order valence-corrected chi connectivity index (χ0v) is 22.2. The number of nitrogens with zero attached hydrogens (tertiary/aromatic N) is 2. The molecule has 1 aromatic carbocycles. The predicted molar refractivity (Wildman–Crippen MR) is 145 cm³/mol. The second-order valence-corrected chi connectivity index (χ2v) is 9.39. The summed E-state index contributed by atoms with van der Waals surface area (Å²) < 4.78 is 0. The van der Waals surface area contributed by atoms with E-state index in [1.54, 1.807) is 6.08 Å². The number of allylic oxidation sites excluding steroid dienone is 1. The summed E-state index contributed by atoms with van der Waals surface area (Å²) >= 11 is 13.0. The van der Waals surface area contributed by atoms with Crippen LogP contribution in [0.25, 0.3) is 6.08 Å². The van der Waals surface area contributed by atoms with Gasteiger partial charge in [-0.25, -0.2) is 0 Å². The Kier molecular flexibility index (Phi) is 15.3. The Balaban J connectivity index is 0.00000161. The third kappa shape index (κ3) is 10.5. The van der Waals surface area contributed by atoms with Crippen LogP contribution in [0.1, 0.15) is 94.7 Å². The summed E-state index contributed by atoms with van der Waals surface area (Å²) in [7, 11) is 0. The molecule has 4 heteroatoms. The van der Waals surface area contributed by atoms with Gasteiger partial charge in [-0.1, -0.05) is 119 Å². The van der Waals surface area contributed by atoms with Crippen LogP contribution in [0.5, 0.6) is 0 Å². The topological polar surface area (TPSA) is 6.48 Å². The van der Waals surface area contributed by atoms with Gasteiger partial charge < -0.3 is 9.80 Å². The van der Waals surface area contributed by atoms with Crippen molar-refractivity contribution in [2.45, 2.75) is 91.5 Å². The van der Waals surface area contributed by atoms with Crippen LogP contribution in [-0.2, 0) is 6.54 Å². The maximum absolute atomic E-state index is 6.52. The van der Waals surface area contributed by atoms with Crippen molar-refractivity contribution in [2.24, 2.45) is 0 Å². The summed E-state index contributed by atoms with van der Waals surface area (Å²) in [5, 5.41) is 1.36. The molecular formula is C28H44Cl2N2. The van der Waals surface area contributed by atoms with E-state index in [4.69, 9.17) is 23.2 Å². The first-order valence-electron chi connectivity index (χ1n) is 12.3. The minimum absolute atomic E-state index is 0.666. The van der Waals surface area contributed by atoms with Gasteiger partial charge in [-0.2, -0.15) is 0 Å². The first-order chi connectivity index (χ1) is 15.5. The summed E-state index contributed by atoms with van der Waals surface area (Å²) in [6.07, 6.45) is 17.1. The highest BCUT2D eigenvalue weighted by Gasteiger charge is 2.26. The van der Waals surface area contributed by atoms with Crippen molar-refractivity contribution in [3.63, 3.8) is 0 Å². The fourth-order valence-electron chi connectivity index (χ4n) is 3.90. The Labute approximate surface area is 208 Å². The molecule has 32 heavy (non-hydrogen) atoms. The van der Waals surface area contributed by atoms with E-state index >= 15 is 0 Å². The average molecular weight is 480 g/mol. The fraction of sp³-hybridized carbons (Fsp3) is 0.571. The molecule has 2 nitrogen and oxygen atoms in total. The smallest absolute Gasteiger partial charge is 0.142 e. The minimum Gasteiger partial charge on any atom is -0.342 e. The molecule has 0 N–H and O–H groups in total. The molecule has 0 unspecified atom stereocenters. The molecule has 0 saturated carbocycles. The molecule has 0 atom stereocenters. The molecule has 0 aromatic heterocycles. The van der Waals surface area contributed by atoms with Gasteiger partial charge in [0, 0.05) is 13.1 Å². The summed E-state index contributed by atoms with van der Waals surface area (Å²) in [4.78, 5) is 4.36. The molecule has 2 rings (SSSR count). The first kappa shape index (κ1) is 28.7. The zero-order valence-electron chi connectivity index (χ0n) is 20.6. The quantitative estimate of drug-likeness (QED) is 0.149. The normalized spacial score (nSPS) is 13.3. The van der Waals surface area contributed by atoms with Crippen LogP contribution in [0.4, 0.5) is 0 Å². The van der Waals surface area contributed by atoms with E-state index in [1.165, 1.54) is 80.9 Å². The van der Waals surface area contributed by atoms with Gasteiger partial charge >= 0.3 is 0 Å². The molecule has 0 fully saturated rings. The fourth-order valence-corrected chi connectivity index (χ4v) is 4.39. The third-order valence-corrected chi connectivity index (χ3v) is 6.72. The van der Waals surface area contributed by atoms with Gasteiger partial charge in [-0.05, 0) is 43.0 Å². The number of benzene rings is 1. The highest BCUT2D eigenvalue weighted by Crippen LogP contribution is 2.31. The standard InChI is InChI=1S/C25H38Cl2N2.C3H6/c1-4-6-7-8-9-10-11-12-13-14-17-28-20-29(25(27)24(28)26)19-22-16-15-21(3)23(5-2)18-22;1-3-2/h5,15-16,18H,2,4,6-14,17,19-20H2,1,3H3;3H,1H2,2H3. The van der Waals surface area contributed by atoms with E-state index in [9.17, 15) is 0 Å². The number of rotatable bonds is 14. The second kappa shape index (κ2) is 17.1. The highest BCUT2D eigenvalue weighted by atomic mass is 35.5. The van der Waals surface area contributed by atoms with Crippen molar-refractivity contribution in [3.05, 3.63) is 64.4 Å². The molecule has 0 spiro atoms. The van der Waals surface area contributed by atoms with E-state index in [-0.39, 0.29) is 0 Å². The Morgan fingerprint density at radius 1 is 0.875 bits per heavy atom. The summed E-state index contributed by atoms with van der Waals surface area (Å²) in [5.41, 5.74) is 3.65. The number of unbranched alkanes of at least 4 members (excludes halogenated alkanes) is 9. The van der Waals surface area contributed by atoms with E-state index in [2.05, 4.69) is 55.0 Å². The monoisotopic (exact) mass is 478 g/mol. The highest BCUT2D eigenvalue weighted by molar-refractivity contribution is 6.38. The van der Waals surface area contributed by atoms with Crippen LogP contribution in [0, 0.1) is 6.92 Å². The molecule has 180 valence electrons. The molecule has 1 aliphatic rings. The van der Waals surface area contributed by atoms with Crippen molar-refractivity contribution >= 4 is 29.3 Å². The Hall–Kier alpha value is -1.38. The Morgan fingerprint density at radius 2 is 1.41 bits per heavy atom. The van der Waals surface area contributed by atoms with Crippen LogP contribution >= 0.6 is 23.2 Å². The lowest BCUT2D eigenvalue weighted by atomic mass is 10.0. The predicted octanol–water partition coefficient (Wildman–Crippen LogP) is 9.43. The summed E-state index contributed by atoms with van der Waals surface area (Å²) in [6, 6.07) is 6.49. The third-order valence-electron chi connectivity index (χ3n) is 5.79. The molecule has 0 amide bonds. The second-order valence-electron chi connectivity index (χ2n) is 8.67. The molecule has 1 aliphatic heterocycles. The van der Waals surface area contributed by atoms with Gasteiger partial charge in [0.15, 0.2) is 0 Å². The van der Waals surface area contributed by atoms with E-state index in [1.807, 2.05) is 13.0 Å². The van der Waals surface area contributed by atoms with Crippen molar-refractivity contribution in [1.29, 1.82) is 0 Å². The number of hydrogen-bond donors (Lipinski definition) is 0. The SMILES string of the molecule is C=CC.C=Cc1cc(CN2CN(CCCCCCCCCCCC)C(Cl)=C2Cl)ccc1C. The first-order valence-corrected chi connectivity index (χ1v) is 13.1. The van der Waals surface area contributed by atoms with E-state index in [0.29, 0.717) is 10.3 Å². The molecule has 1 heterocycles. The summed E-state index contributed by atoms with van der Waals surface area (Å²) in [6.45, 7) is 16.1. The maximum atomic E-state index is 6.52. The van der Waals surface area contributed by atoms with Crippen LogP contribution in [0.15, 0.2) is 47.7 Å². The number of halogens is 2. The molecule has 0 aliphatic carbocycles. The average Bonchev–Trinajstić information content (AvgIpc) is 3.04. The molecule has 1 aromatic rings. The van der Waals surface area contributed by atoms with Gasteiger partial charge in [-0.3, -0.25) is 0 Å². The van der Waals surface area contributed by atoms with Crippen LogP contribution in [-0.4, -0.2) is 23.0 Å². The molecule has 0 saturated heterocycles. The Morgan fingerprint density at radius 3 is 1.97 bits per heavy atom. The van der Waals surface area contributed by atoms with Crippen LogP contribution in [0.3, 0.4) is 0 Å². The lowest BCUT2D eigenvalue weighted by Gasteiger charge is -2.22. The molecule has 0 radical (unpaired) electrons. The largest absolute Gasteiger partial charge is 0.342 e. The van der Waals surface area contributed by atoms with Gasteiger partial charge in [0.1, 0.15) is 10.3 Å². The molecular weight excluding hydrogens is 435 g/mol. The lowest BCUT2D eigenvalue weighted by Crippen LogP contribution is -2.27. The number of hydrogen-bond acceptors (Lipinski definition) is 2. The van der Waals surface area contributed by atoms with Gasteiger partial charge in [0.05, 0.1) is 6.67 Å². The summed E-state index contributed by atoms with van der Waals surface area (Å²) in [5.74, 6) is 0.